The molecule has 0 aromatic heterocycles. The number of hydrogen-bond donors (Lipinski definition) is 1. The zero-order valence-corrected chi connectivity index (χ0v) is 19.1. The fourth-order valence-corrected chi connectivity index (χ4v) is 3.79. The van der Waals surface area contributed by atoms with E-state index in [0.29, 0.717) is 35.8 Å². The number of ether oxygens (including phenoxy) is 2. The Bertz CT molecular complexity index is 1160. The summed E-state index contributed by atoms with van der Waals surface area (Å²) in [5, 5.41) is 2.84. The third kappa shape index (κ3) is 5.92. The Kier molecular flexibility index (Phi) is 7.42. The third-order valence-corrected chi connectivity index (χ3v) is 5.59. The average molecular weight is 463 g/mol. The standard InChI is InChI=1S/C27H27FN2O4/c1-19-6-2-3-7-24(19)33-15-5-4-14-30-23-17-22(12-13-25(23)34-18-27(30)32)29-26(31)16-20-8-10-21(28)11-9-20/h2-3,6-13,17H,4-5,14-16,18H2,1H3,(H,29,31). The van der Waals surface area contributed by atoms with Gasteiger partial charge in [0, 0.05) is 12.2 Å². The molecule has 0 saturated heterocycles. The minimum atomic E-state index is -0.342. The number of carbonyl (C=O) groups is 2. The molecule has 0 radical (unpaired) electrons. The number of amides is 2. The average Bonchev–Trinajstić information content (AvgIpc) is 2.82. The Morgan fingerprint density at radius 1 is 1.09 bits per heavy atom. The van der Waals surface area contributed by atoms with Crippen LogP contribution in [-0.2, 0) is 16.0 Å². The highest BCUT2D eigenvalue weighted by molar-refractivity contribution is 5.99. The number of hydrogen-bond acceptors (Lipinski definition) is 4. The predicted octanol–water partition coefficient (Wildman–Crippen LogP) is 4.90. The fraction of sp³-hybridized carbons (Fsp3) is 0.259. The van der Waals surface area contributed by atoms with Crippen LogP contribution in [0.3, 0.4) is 0 Å². The molecule has 3 aromatic rings. The summed E-state index contributed by atoms with van der Waals surface area (Å²) in [7, 11) is 0. The first-order chi connectivity index (χ1) is 16.5. The molecule has 2 amide bonds. The van der Waals surface area contributed by atoms with E-state index in [1.165, 1.54) is 12.1 Å². The first-order valence-corrected chi connectivity index (χ1v) is 11.3. The Balaban J connectivity index is 1.34. The molecule has 1 aliphatic heterocycles. The summed E-state index contributed by atoms with van der Waals surface area (Å²) in [6, 6.07) is 18.9. The molecule has 0 fully saturated rings. The fourth-order valence-electron chi connectivity index (χ4n) is 3.79. The number of para-hydroxylation sites is 1. The van der Waals surface area contributed by atoms with Gasteiger partial charge in [0.1, 0.15) is 17.3 Å². The third-order valence-electron chi connectivity index (χ3n) is 5.59. The first kappa shape index (κ1) is 23.3. The summed E-state index contributed by atoms with van der Waals surface area (Å²) >= 11 is 0. The van der Waals surface area contributed by atoms with Gasteiger partial charge in [0.15, 0.2) is 6.61 Å². The van der Waals surface area contributed by atoms with Crippen molar-refractivity contribution in [3.8, 4) is 11.5 Å². The van der Waals surface area contributed by atoms with E-state index in [1.54, 1.807) is 35.2 Å². The van der Waals surface area contributed by atoms with Gasteiger partial charge in [-0.05, 0) is 67.3 Å². The number of carbonyl (C=O) groups excluding carboxylic acids is 2. The number of nitrogens with zero attached hydrogens (tertiary/aromatic N) is 1. The normalized spacial score (nSPS) is 12.6. The summed E-state index contributed by atoms with van der Waals surface area (Å²) in [5.74, 6) is 0.783. The van der Waals surface area contributed by atoms with Gasteiger partial charge in [0.25, 0.3) is 5.91 Å². The molecule has 3 aromatic carbocycles. The number of aryl methyl sites for hydroxylation is 1. The number of fused-ring (bicyclic) bond motifs is 1. The van der Waals surface area contributed by atoms with Crippen LogP contribution in [0.15, 0.2) is 66.7 Å². The lowest BCUT2D eigenvalue weighted by Crippen LogP contribution is -2.39. The molecule has 0 bridgehead atoms. The van der Waals surface area contributed by atoms with Gasteiger partial charge in [0.2, 0.25) is 5.91 Å². The molecule has 0 unspecified atom stereocenters. The monoisotopic (exact) mass is 462 g/mol. The van der Waals surface area contributed by atoms with Crippen molar-refractivity contribution in [3.63, 3.8) is 0 Å². The molecule has 1 N–H and O–H groups in total. The highest BCUT2D eigenvalue weighted by Gasteiger charge is 2.25. The zero-order valence-electron chi connectivity index (χ0n) is 19.1. The van der Waals surface area contributed by atoms with Gasteiger partial charge in [-0.1, -0.05) is 30.3 Å². The highest BCUT2D eigenvalue weighted by atomic mass is 19.1. The van der Waals surface area contributed by atoms with Crippen LogP contribution in [0, 0.1) is 12.7 Å². The maximum Gasteiger partial charge on any atom is 0.265 e. The molecule has 4 rings (SSSR count). The van der Waals surface area contributed by atoms with E-state index in [4.69, 9.17) is 9.47 Å². The van der Waals surface area contributed by atoms with Gasteiger partial charge in [-0.25, -0.2) is 4.39 Å². The lowest BCUT2D eigenvalue weighted by atomic mass is 10.1. The van der Waals surface area contributed by atoms with E-state index in [-0.39, 0.29) is 30.7 Å². The minimum absolute atomic E-state index is 0.0109. The van der Waals surface area contributed by atoms with Crippen LogP contribution in [0.4, 0.5) is 15.8 Å². The number of benzene rings is 3. The van der Waals surface area contributed by atoms with Gasteiger partial charge in [-0.2, -0.15) is 0 Å². The molecule has 0 atom stereocenters. The lowest BCUT2D eigenvalue weighted by Gasteiger charge is -2.30. The molecule has 7 heteroatoms. The van der Waals surface area contributed by atoms with E-state index >= 15 is 0 Å². The van der Waals surface area contributed by atoms with Crippen LogP contribution in [0.25, 0.3) is 0 Å². The lowest BCUT2D eigenvalue weighted by molar-refractivity contribution is -0.121. The van der Waals surface area contributed by atoms with Crippen LogP contribution < -0.4 is 19.7 Å². The van der Waals surface area contributed by atoms with Crippen LogP contribution in [-0.4, -0.2) is 31.6 Å². The van der Waals surface area contributed by atoms with Crippen molar-refractivity contribution < 1.29 is 23.5 Å². The molecule has 1 heterocycles. The second-order valence-corrected chi connectivity index (χ2v) is 8.19. The van der Waals surface area contributed by atoms with Gasteiger partial charge >= 0.3 is 0 Å². The molecule has 0 aliphatic carbocycles. The summed E-state index contributed by atoms with van der Waals surface area (Å²) in [6.07, 6.45) is 1.68. The van der Waals surface area contributed by atoms with Crippen molar-refractivity contribution >= 4 is 23.2 Å². The van der Waals surface area contributed by atoms with Crippen molar-refractivity contribution in [1.29, 1.82) is 0 Å². The van der Waals surface area contributed by atoms with Crippen molar-refractivity contribution in [2.75, 3.05) is 30.0 Å². The Hall–Kier alpha value is -3.87. The molecule has 176 valence electrons. The molecular formula is C27H27FN2O4. The Labute approximate surface area is 198 Å². The highest BCUT2D eigenvalue weighted by Crippen LogP contribution is 2.35. The van der Waals surface area contributed by atoms with E-state index in [0.717, 1.165) is 24.2 Å². The molecular weight excluding hydrogens is 435 g/mol. The summed E-state index contributed by atoms with van der Waals surface area (Å²) in [6.45, 7) is 3.09. The molecule has 0 spiro atoms. The summed E-state index contributed by atoms with van der Waals surface area (Å²) in [4.78, 5) is 26.7. The number of anilines is 2. The second kappa shape index (κ2) is 10.8. The van der Waals surface area contributed by atoms with Crippen LogP contribution in [0.5, 0.6) is 11.5 Å². The largest absolute Gasteiger partial charge is 0.493 e. The topological polar surface area (TPSA) is 67.9 Å². The maximum atomic E-state index is 13.1. The minimum Gasteiger partial charge on any atom is -0.493 e. The molecule has 0 saturated carbocycles. The second-order valence-electron chi connectivity index (χ2n) is 8.19. The van der Waals surface area contributed by atoms with Crippen molar-refractivity contribution in [1.82, 2.24) is 0 Å². The first-order valence-electron chi connectivity index (χ1n) is 11.3. The smallest absolute Gasteiger partial charge is 0.265 e. The van der Waals surface area contributed by atoms with E-state index < -0.39 is 0 Å². The predicted molar refractivity (Wildman–Crippen MR) is 129 cm³/mol. The van der Waals surface area contributed by atoms with Crippen molar-refractivity contribution in [3.05, 3.63) is 83.7 Å². The number of rotatable bonds is 9. The maximum absolute atomic E-state index is 13.1. The van der Waals surface area contributed by atoms with Gasteiger partial charge in [-0.3, -0.25) is 9.59 Å². The van der Waals surface area contributed by atoms with Gasteiger partial charge < -0.3 is 19.7 Å². The van der Waals surface area contributed by atoms with Crippen molar-refractivity contribution in [2.24, 2.45) is 0 Å². The van der Waals surface area contributed by atoms with Gasteiger partial charge in [-0.15, -0.1) is 0 Å². The molecule has 1 aliphatic rings. The quantitative estimate of drug-likeness (QED) is 0.460. The van der Waals surface area contributed by atoms with E-state index in [1.807, 2.05) is 31.2 Å². The Morgan fingerprint density at radius 3 is 2.68 bits per heavy atom. The zero-order chi connectivity index (χ0) is 23.9. The summed E-state index contributed by atoms with van der Waals surface area (Å²) < 4.78 is 24.5. The van der Waals surface area contributed by atoms with E-state index in [9.17, 15) is 14.0 Å². The molecule has 6 nitrogen and oxygen atoms in total. The van der Waals surface area contributed by atoms with E-state index in [2.05, 4.69) is 5.32 Å². The van der Waals surface area contributed by atoms with Crippen LogP contribution in [0.2, 0.25) is 0 Å². The number of halogens is 1. The number of nitrogens with one attached hydrogen (secondary N) is 1. The SMILES string of the molecule is Cc1ccccc1OCCCCN1C(=O)COc2ccc(NC(=O)Cc3ccc(F)cc3)cc21. The van der Waals surface area contributed by atoms with Crippen LogP contribution >= 0.6 is 0 Å². The number of unbranched alkanes of at least 4 members (excludes halogenated alkanes) is 1. The van der Waals surface area contributed by atoms with Gasteiger partial charge in [0.05, 0.1) is 18.7 Å². The van der Waals surface area contributed by atoms with Crippen LogP contribution in [0.1, 0.15) is 24.0 Å². The van der Waals surface area contributed by atoms with Crippen molar-refractivity contribution in [2.45, 2.75) is 26.2 Å². The summed E-state index contributed by atoms with van der Waals surface area (Å²) in [5.41, 5.74) is 3.01. The Morgan fingerprint density at radius 2 is 1.88 bits per heavy atom. The molecule has 34 heavy (non-hydrogen) atoms.